The van der Waals surface area contributed by atoms with E-state index in [1.165, 1.54) is 24.0 Å². The molecule has 0 bridgehead atoms. The Hall–Kier alpha value is -0.860. The van der Waals surface area contributed by atoms with E-state index in [-0.39, 0.29) is 11.7 Å². The van der Waals surface area contributed by atoms with Gasteiger partial charge < -0.3 is 9.64 Å². The summed E-state index contributed by atoms with van der Waals surface area (Å²) in [6, 6.07) is 9.51. The molecule has 1 fully saturated rings. The van der Waals surface area contributed by atoms with Gasteiger partial charge in [-0.3, -0.25) is 0 Å². The molecule has 0 saturated heterocycles. The van der Waals surface area contributed by atoms with Crippen molar-refractivity contribution in [1.29, 1.82) is 0 Å². The summed E-state index contributed by atoms with van der Waals surface area (Å²) in [5.41, 5.74) is 2.87. The predicted octanol–water partition coefficient (Wildman–Crippen LogP) is 3.48. The van der Waals surface area contributed by atoms with Crippen LogP contribution in [0.3, 0.4) is 0 Å². The summed E-state index contributed by atoms with van der Waals surface area (Å²) < 4.78 is 6.37. The van der Waals surface area contributed by atoms with E-state index in [0.717, 1.165) is 18.9 Å². The lowest BCUT2D eigenvalue weighted by molar-refractivity contribution is -0.100. The molecule has 2 heteroatoms. The number of hydrogen-bond acceptors (Lipinski definition) is 2. The molecule has 2 nitrogen and oxygen atoms in total. The normalized spacial score (nSPS) is 35.1. The Morgan fingerprint density at radius 2 is 1.83 bits per heavy atom. The lowest BCUT2D eigenvalue weighted by Gasteiger charge is -2.39. The number of nitrogens with zero attached hydrogens (tertiary/aromatic N) is 1. The van der Waals surface area contributed by atoms with Crippen LogP contribution < -0.4 is 0 Å². The van der Waals surface area contributed by atoms with Crippen LogP contribution in [0, 0.1) is 0 Å². The first-order valence-electron chi connectivity index (χ1n) is 7.06. The molecule has 2 aliphatic rings. The van der Waals surface area contributed by atoms with Gasteiger partial charge in [0.05, 0.1) is 11.7 Å². The highest BCUT2D eigenvalue weighted by atomic mass is 16.5. The van der Waals surface area contributed by atoms with Crippen LogP contribution in [0.2, 0.25) is 0 Å². The summed E-state index contributed by atoms with van der Waals surface area (Å²) in [4.78, 5) is 2.36. The zero-order chi connectivity index (χ0) is 12.8. The van der Waals surface area contributed by atoms with Gasteiger partial charge in [-0.2, -0.15) is 0 Å². The van der Waals surface area contributed by atoms with Crippen molar-refractivity contribution in [3.05, 3.63) is 35.4 Å². The van der Waals surface area contributed by atoms with E-state index in [0.29, 0.717) is 0 Å². The smallest absolute Gasteiger partial charge is 0.0944 e. The summed E-state index contributed by atoms with van der Waals surface area (Å²) in [6.45, 7) is 2.19. The Labute approximate surface area is 110 Å². The van der Waals surface area contributed by atoms with E-state index in [4.69, 9.17) is 4.74 Å². The van der Waals surface area contributed by atoms with Gasteiger partial charge >= 0.3 is 0 Å². The fourth-order valence-electron chi connectivity index (χ4n) is 3.70. The highest BCUT2D eigenvalue weighted by Crippen LogP contribution is 2.51. The molecule has 0 unspecified atom stereocenters. The van der Waals surface area contributed by atoms with Gasteiger partial charge in [0, 0.05) is 6.04 Å². The molecule has 0 radical (unpaired) electrons. The van der Waals surface area contributed by atoms with Crippen molar-refractivity contribution < 1.29 is 4.74 Å². The SMILES string of the molecule is C[C@H]1OC2(CCC(N(C)C)CC2)c2ccccc21. The van der Waals surface area contributed by atoms with Crippen LogP contribution >= 0.6 is 0 Å². The number of fused-ring (bicyclic) bond motifs is 2. The average molecular weight is 245 g/mol. The van der Waals surface area contributed by atoms with Crippen molar-refractivity contribution in [2.24, 2.45) is 0 Å². The Morgan fingerprint density at radius 1 is 1.17 bits per heavy atom. The minimum absolute atomic E-state index is 0.0164. The Balaban J connectivity index is 1.87. The first-order chi connectivity index (χ1) is 8.62. The molecule has 1 aromatic rings. The molecule has 98 valence electrons. The van der Waals surface area contributed by atoms with E-state index < -0.39 is 0 Å². The van der Waals surface area contributed by atoms with E-state index in [9.17, 15) is 0 Å². The minimum atomic E-state index is 0.0164. The van der Waals surface area contributed by atoms with Crippen molar-refractivity contribution in [2.45, 2.75) is 50.4 Å². The topological polar surface area (TPSA) is 12.5 Å². The number of benzene rings is 1. The van der Waals surface area contributed by atoms with Gasteiger partial charge in [0.25, 0.3) is 0 Å². The van der Waals surface area contributed by atoms with Crippen molar-refractivity contribution in [3.8, 4) is 0 Å². The Morgan fingerprint density at radius 3 is 2.50 bits per heavy atom. The molecule has 1 aromatic carbocycles. The lowest BCUT2D eigenvalue weighted by Crippen LogP contribution is -2.39. The quantitative estimate of drug-likeness (QED) is 0.751. The van der Waals surface area contributed by atoms with Crippen LogP contribution in [0.4, 0.5) is 0 Å². The van der Waals surface area contributed by atoms with Gasteiger partial charge in [-0.1, -0.05) is 24.3 Å². The maximum Gasteiger partial charge on any atom is 0.0944 e. The number of hydrogen-bond donors (Lipinski definition) is 0. The van der Waals surface area contributed by atoms with E-state index in [2.05, 4.69) is 50.2 Å². The van der Waals surface area contributed by atoms with Gasteiger partial charge in [0.2, 0.25) is 0 Å². The van der Waals surface area contributed by atoms with Gasteiger partial charge in [0.15, 0.2) is 0 Å². The van der Waals surface area contributed by atoms with Crippen LogP contribution in [0.5, 0.6) is 0 Å². The van der Waals surface area contributed by atoms with Crippen LogP contribution in [0.25, 0.3) is 0 Å². The summed E-state index contributed by atoms with van der Waals surface area (Å²) in [5, 5.41) is 0. The lowest BCUT2D eigenvalue weighted by atomic mass is 9.77. The van der Waals surface area contributed by atoms with Gasteiger partial charge in [-0.05, 0) is 57.8 Å². The van der Waals surface area contributed by atoms with Crippen LogP contribution in [-0.4, -0.2) is 25.0 Å². The number of ether oxygens (including phenoxy) is 1. The molecule has 3 rings (SSSR count). The Bertz CT molecular complexity index is 432. The minimum Gasteiger partial charge on any atom is -0.363 e. The molecule has 1 atom stereocenters. The largest absolute Gasteiger partial charge is 0.363 e. The van der Waals surface area contributed by atoms with Crippen LogP contribution in [0.1, 0.15) is 49.8 Å². The van der Waals surface area contributed by atoms with E-state index >= 15 is 0 Å². The molecule has 0 amide bonds. The second-order valence-corrected chi connectivity index (χ2v) is 6.04. The summed E-state index contributed by atoms with van der Waals surface area (Å²) in [6.07, 6.45) is 5.08. The highest BCUT2D eigenvalue weighted by Gasteiger charge is 2.45. The molecule has 0 aromatic heterocycles. The first kappa shape index (κ1) is 12.2. The molecule has 1 aliphatic carbocycles. The predicted molar refractivity (Wildman–Crippen MR) is 73.6 cm³/mol. The number of rotatable bonds is 1. The van der Waals surface area contributed by atoms with Crippen LogP contribution in [-0.2, 0) is 10.3 Å². The molecule has 1 aliphatic heterocycles. The third kappa shape index (κ3) is 1.79. The third-order valence-electron chi connectivity index (χ3n) is 4.79. The fourth-order valence-corrected chi connectivity index (χ4v) is 3.70. The summed E-state index contributed by atoms with van der Waals surface area (Å²) >= 11 is 0. The first-order valence-corrected chi connectivity index (χ1v) is 7.06. The van der Waals surface area contributed by atoms with Crippen molar-refractivity contribution in [3.63, 3.8) is 0 Å². The second kappa shape index (κ2) is 4.36. The Kier molecular flexibility index (Phi) is 2.95. The molecular weight excluding hydrogens is 222 g/mol. The summed E-state index contributed by atoms with van der Waals surface area (Å²) in [7, 11) is 4.38. The molecular formula is C16H23NO. The third-order valence-corrected chi connectivity index (χ3v) is 4.79. The molecule has 18 heavy (non-hydrogen) atoms. The average Bonchev–Trinajstić information content (AvgIpc) is 2.64. The molecule has 1 saturated carbocycles. The van der Waals surface area contributed by atoms with Gasteiger partial charge in [-0.25, -0.2) is 0 Å². The zero-order valence-corrected chi connectivity index (χ0v) is 11.6. The van der Waals surface area contributed by atoms with E-state index in [1.807, 2.05) is 0 Å². The molecule has 1 spiro atoms. The maximum atomic E-state index is 6.37. The second-order valence-electron chi connectivity index (χ2n) is 6.04. The summed E-state index contributed by atoms with van der Waals surface area (Å²) in [5.74, 6) is 0. The molecule has 1 heterocycles. The van der Waals surface area contributed by atoms with Crippen molar-refractivity contribution in [2.75, 3.05) is 14.1 Å². The van der Waals surface area contributed by atoms with Crippen molar-refractivity contribution >= 4 is 0 Å². The maximum absolute atomic E-state index is 6.37. The molecule has 0 N–H and O–H groups in total. The van der Waals surface area contributed by atoms with Gasteiger partial charge in [-0.15, -0.1) is 0 Å². The highest BCUT2D eigenvalue weighted by molar-refractivity contribution is 5.38. The zero-order valence-electron chi connectivity index (χ0n) is 11.6. The standard InChI is InChI=1S/C16H23NO/c1-12-14-6-4-5-7-15(14)16(18-12)10-8-13(9-11-16)17(2)3/h4-7,12-13H,8-11H2,1-3H3/t12-,13?,16?/m1/s1. The van der Waals surface area contributed by atoms with Crippen molar-refractivity contribution in [1.82, 2.24) is 4.90 Å². The van der Waals surface area contributed by atoms with Gasteiger partial charge in [0.1, 0.15) is 0 Å². The monoisotopic (exact) mass is 245 g/mol. The van der Waals surface area contributed by atoms with Crippen LogP contribution in [0.15, 0.2) is 24.3 Å². The van der Waals surface area contributed by atoms with E-state index in [1.54, 1.807) is 0 Å². The fraction of sp³-hybridized carbons (Fsp3) is 0.625.